The van der Waals surface area contributed by atoms with E-state index in [1.807, 2.05) is 60.7 Å². The Morgan fingerprint density at radius 1 is 0.595 bits per heavy atom. The number of sulfone groups is 2. The molecule has 8 rings (SSSR count). The van der Waals surface area contributed by atoms with Crippen LogP contribution in [0.25, 0.3) is 22.5 Å². The number of halogens is 2. The number of hydrogen-bond donors (Lipinski definition) is 4. The van der Waals surface area contributed by atoms with Crippen LogP contribution in [0.2, 0.25) is 0 Å². The molecule has 0 radical (unpaired) electrons. The third kappa shape index (κ3) is 14.2. The molecule has 15 nitrogen and oxygen atoms in total. The second kappa shape index (κ2) is 23.5. The molecule has 0 atom stereocenters. The van der Waals surface area contributed by atoms with Gasteiger partial charge in [-0.2, -0.15) is 0 Å². The highest BCUT2D eigenvalue weighted by Crippen LogP contribution is 2.38. The monoisotopic (exact) mass is 1050 g/mol. The summed E-state index contributed by atoms with van der Waals surface area (Å²) >= 11 is 0. The van der Waals surface area contributed by atoms with Crippen LogP contribution in [-0.4, -0.2) is 77.5 Å². The second-order valence-corrected chi connectivity index (χ2v) is 24.7. The fourth-order valence-electron chi connectivity index (χ4n) is 9.02. The van der Waals surface area contributed by atoms with Gasteiger partial charge in [0.25, 0.3) is 11.8 Å². The normalized spacial score (nSPS) is 18.0. The molecule has 74 heavy (non-hydrogen) atoms. The SMILES string of the molecule is CC(C)(C)C(=O)Nc1ncc(C2CCC(S(C)(=O)=O)CC2)nc1-c1ccc(C(=O)NCc2ccccc2)c(F)c1.CS(=O)(=O)C1CCC(c2cnc(N)c(-c3ccc(C(=O)NCc4ccccc4)c(F)c3)n2)CC1. The van der Waals surface area contributed by atoms with Crippen LogP contribution in [0.15, 0.2) is 109 Å². The van der Waals surface area contributed by atoms with Crippen LogP contribution in [0.1, 0.15) is 127 Å². The summed E-state index contributed by atoms with van der Waals surface area (Å²) in [5, 5.41) is 7.57. The summed E-state index contributed by atoms with van der Waals surface area (Å²) in [6.45, 7) is 5.87. The number of nitrogens with one attached hydrogen (secondary N) is 3. The summed E-state index contributed by atoms with van der Waals surface area (Å²) in [5.41, 5.74) is 9.75. The smallest absolute Gasteiger partial charge is 0.254 e. The molecule has 19 heteroatoms. The predicted molar refractivity (Wildman–Crippen MR) is 282 cm³/mol. The Balaban J connectivity index is 0.000000219. The van der Waals surface area contributed by atoms with Gasteiger partial charge in [0.1, 0.15) is 48.5 Å². The molecule has 5 N–H and O–H groups in total. The lowest BCUT2D eigenvalue weighted by Crippen LogP contribution is -2.29. The van der Waals surface area contributed by atoms with E-state index in [9.17, 15) is 35.6 Å². The maximum atomic E-state index is 15.3. The summed E-state index contributed by atoms with van der Waals surface area (Å²) in [4.78, 5) is 56.1. The number of amides is 3. The third-order valence-electron chi connectivity index (χ3n) is 13.5. The molecule has 2 aliphatic rings. The van der Waals surface area contributed by atoms with Crippen molar-refractivity contribution in [2.24, 2.45) is 5.41 Å². The van der Waals surface area contributed by atoms with E-state index in [0.717, 1.165) is 11.1 Å². The Bertz CT molecular complexity index is 3220. The van der Waals surface area contributed by atoms with Gasteiger partial charge in [-0.3, -0.25) is 14.4 Å². The topological polar surface area (TPSA) is 233 Å². The van der Waals surface area contributed by atoms with Crippen LogP contribution in [0.3, 0.4) is 0 Å². The van der Waals surface area contributed by atoms with Gasteiger partial charge in [-0.15, -0.1) is 0 Å². The Morgan fingerprint density at radius 2 is 1.00 bits per heavy atom. The molecule has 2 saturated carbocycles. The highest BCUT2D eigenvalue weighted by molar-refractivity contribution is 7.91. The number of rotatable bonds is 13. The lowest BCUT2D eigenvalue weighted by molar-refractivity contribution is -0.123. The van der Waals surface area contributed by atoms with Crippen molar-refractivity contribution in [1.29, 1.82) is 0 Å². The molecule has 2 aliphatic carbocycles. The van der Waals surface area contributed by atoms with Crippen molar-refractivity contribution in [3.8, 4) is 22.5 Å². The molecule has 390 valence electrons. The number of benzene rings is 4. The fraction of sp³-hybridized carbons (Fsp3) is 0.364. The van der Waals surface area contributed by atoms with E-state index in [2.05, 4.69) is 30.9 Å². The first kappa shape index (κ1) is 54.8. The van der Waals surface area contributed by atoms with Crippen LogP contribution in [0.5, 0.6) is 0 Å². The number of carbonyl (C=O) groups is 3. The largest absolute Gasteiger partial charge is 0.382 e. The van der Waals surface area contributed by atoms with Gasteiger partial charge in [0.15, 0.2) is 5.82 Å². The second-order valence-electron chi connectivity index (χ2n) is 20.1. The fourth-order valence-corrected chi connectivity index (χ4v) is 11.3. The van der Waals surface area contributed by atoms with Crippen LogP contribution in [0, 0.1) is 17.0 Å². The lowest BCUT2D eigenvalue weighted by atomic mass is 9.86. The average Bonchev–Trinajstić information content (AvgIpc) is 3.37. The maximum absolute atomic E-state index is 15.3. The third-order valence-corrected chi connectivity index (χ3v) is 16.9. The van der Waals surface area contributed by atoms with Crippen molar-refractivity contribution in [3.63, 3.8) is 0 Å². The number of nitrogen functional groups attached to an aromatic ring is 1. The number of anilines is 2. The van der Waals surface area contributed by atoms with Crippen molar-refractivity contribution in [2.75, 3.05) is 23.6 Å². The standard InChI is InChI=1S/C30H35FN4O4S.C25H27FN4O3S/c1-30(2,3)29(37)35-27-26(34-25(18-32-27)20-10-13-22(14-11-20)40(4,38)39)21-12-15-23(24(31)16-21)28(36)33-17-19-8-6-5-7-9-19;1-34(32,33)19-10-7-17(8-11-19)22-15-28-24(27)23(30-22)18-9-12-20(21(26)13-18)25(31)29-14-16-5-3-2-4-6-16/h5-9,12,15-16,18,20,22H,10-11,13-14,17H2,1-4H3,(H,33,36)(H,32,35,37);2-6,9,12-13,15,17,19H,7-8,10-11,14H2,1H3,(H2,27,28)(H,29,31). The van der Waals surface area contributed by atoms with E-state index >= 15 is 4.39 Å². The lowest BCUT2D eigenvalue weighted by Gasteiger charge is -2.27. The van der Waals surface area contributed by atoms with E-state index in [4.69, 9.17) is 10.7 Å². The van der Waals surface area contributed by atoms with Gasteiger partial charge in [0.05, 0.1) is 45.4 Å². The maximum Gasteiger partial charge on any atom is 0.254 e. The first-order valence-electron chi connectivity index (χ1n) is 24.5. The zero-order valence-corrected chi connectivity index (χ0v) is 43.7. The van der Waals surface area contributed by atoms with Crippen molar-refractivity contribution in [2.45, 2.75) is 108 Å². The minimum atomic E-state index is -3.11. The first-order valence-corrected chi connectivity index (χ1v) is 28.4. The Hall–Kier alpha value is -6.99. The quantitative estimate of drug-likeness (QED) is 0.0848. The Morgan fingerprint density at radius 3 is 1.41 bits per heavy atom. The highest BCUT2D eigenvalue weighted by Gasteiger charge is 2.32. The van der Waals surface area contributed by atoms with Crippen molar-refractivity contribution < 1.29 is 40.0 Å². The zero-order chi connectivity index (χ0) is 53.4. The van der Waals surface area contributed by atoms with Gasteiger partial charge in [-0.25, -0.2) is 45.6 Å². The van der Waals surface area contributed by atoms with Crippen molar-refractivity contribution in [3.05, 3.63) is 155 Å². The molecule has 4 aromatic carbocycles. The molecule has 0 unspecified atom stereocenters. The van der Waals surface area contributed by atoms with Crippen LogP contribution in [0.4, 0.5) is 20.4 Å². The van der Waals surface area contributed by atoms with E-state index in [0.29, 0.717) is 86.1 Å². The molecule has 2 heterocycles. The average molecular weight is 1050 g/mol. The van der Waals surface area contributed by atoms with Gasteiger partial charge in [-0.1, -0.05) is 93.6 Å². The van der Waals surface area contributed by atoms with Crippen molar-refractivity contribution >= 4 is 49.0 Å². The Kier molecular flexibility index (Phi) is 17.4. The number of nitrogens with two attached hydrogens (primary N) is 1. The summed E-state index contributed by atoms with van der Waals surface area (Å²) in [6.07, 6.45) is 10.6. The summed E-state index contributed by atoms with van der Waals surface area (Å²) in [6, 6.07) is 27.2. The van der Waals surface area contributed by atoms with Crippen LogP contribution < -0.4 is 21.7 Å². The molecule has 6 aromatic rings. The first-order chi connectivity index (χ1) is 35.0. The van der Waals surface area contributed by atoms with Gasteiger partial charge < -0.3 is 21.7 Å². The molecule has 0 saturated heterocycles. The molecule has 0 aliphatic heterocycles. The molecular weight excluding hydrogens is 987 g/mol. The molecule has 2 aromatic heterocycles. The highest BCUT2D eigenvalue weighted by atomic mass is 32.2. The number of carbonyl (C=O) groups excluding carboxylic acids is 3. The molecule has 0 spiro atoms. The van der Waals surface area contributed by atoms with E-state index in [1.165, 1.54) is 36.8 Å². The molecule has 3 amide bonds. The number of nitrogens with zero attached hydrogens (tertiary/aromatic N) is 4. The van der Waals surface area contributed by atoms with Crippen LogP contribution >= 0.6 is 0 Å². The van der Waals surface area contributed by atoms with Gasteiger partial charge in [0, 0.05) is 54.0 Å². The summed E-state index contributed by atoms with van der Waals surface area (Å²) < 4.78 is 77.7. The van der Waals surface area contributed by atoms with E-state index in [1.54, 1.807) is 45.3 Å². The summed E-state index contributed by atoms with van der Waals surface area (Å²) in [5.74, 6) is -2.33. The number of hydrogen-bond acceptors (Lipinski definition) is 12. The number of aromatic nitrogens is 4. The van der Waals surface area contributed by atoms with E-state index < -0.39 is 48.5 Å². The van der Waals surface area contributed by atoms with Crippen LogP contribution in [-0.2, 0) is 37.6 Å². The minimum Gasteiger partial charge on any atom is -0.382 e. The zero-order valence-electron chi connectivity index (χ0n) is 42.1. The predicted octanol–water partition coefficient (Wildman–Crippen LogP) is 9.13. The van der Waals surface area contributed by atoms with E-state index in [-0.39, 0.29) is 63.2 Å². The summed E-state index contributed by atoms with van der Waals surface area (Å²) in [7, 11) is -6.17. The van der Waals surface area contributed by atoms with Gasteiger partial charge in [0.2, 0.25) is 5.91 Å². The van der Waals surface area contributed by atoms with Gasteiger partial charge in [-0.05, 0) is 86.8 Å². The van der Waals surface area contributed by atoms with Gasteiger partial charge >= 0.3 is 0 Å². The van der Waals surface area contributed by atoms with Crippen molar-refractivity contribution in [1.82, 2.24) is 30.6 Å². The molecule has 0 bridgehead atoms. The molecule has 2 fully saturated rings. The minimum absolute atomic E-state index is 0.00972. The Labute approximate surface area is 431 Å². The molecular formula is C55H62F2N8O7S2.